The average molecular weight is 306 g/mol. The van der Waals surface area contributed by atoms with Crippen LogP contribution in [-0.2, 0) is 0 Å². The molecule has 0 atom stereocenters. The minimum absolute atomic E-state index is 0.171. The smallest absolute Gasteiger partial charge is 0.268 e. The Balaban J connectivity index is 3.06. The van der Waals surface area contributed by atoms with E-state index in [4.69, 9.17) is 11.8 Å². The van der Waals surface area contributed by atoms with E-state index in [1.807, 2.05) is 39.0 Å². The molecular weight excluding hydrogens is 291 g/mol. The number of rotatable bonds is 2. The Bertz CT molecular complexity index is 390. The molecule has 1 N–H and O–H groups in total. The Labute approximate surface area is 109 Å². The van der Waals surface area contributed by atoms with Crippen LogP contribution in [0.25, 0.3) is 0 Å². The molecule has 0 bridgehead atoms. The summed E-state index contributed by atoms with van der Waals surface area (Å²) in [7, 11) is 0. The molecule has 16 heavy (non-hydrogen) atoms. The molecule has 0 saturated heterocycles. The molecule has 0 radical (unpaired) electrons. The SMILES string of the molecule is CC(C)(C)N(NCl)C(=O)c1ccccc1Br. The third-order valence-corrected chi connectivity index (χ3v) is 2.92. The van der Waals surface area contributed by atoms with Gasteiger partial charge in [0, 0.05) is 4.47 Å². The molecule has 0 heterocycles. The van der Waals surface area contributed by atoms with Gasteiger partial charge in [0.05, 0.1) is 11.1 Å². The first kappa shape index (κ1) is 13.5. The van der Waals surface area contributed by atoms with Crippen LogP contribution in [0, 0.1) is 0 Å². The molecule has 0 aromatic heterocycles. The number of halogens is 2. The van der Waals surface area contributed by atoms with Crippen molar-refractivity contribution in [3.05, 3.63) is 34.3 Å². The zero-order chi connectivity index (χ0) is 12.3. The molecule has 5 heteroatoms. The Morgan fingerprint density at radius 2 is 1.94 bits per heavy atom. The first-order valence-corrected chi connectivity index (χ1v) is 6.00. The lowest BCUT2D eigenvalue weighted by Gasteiger charge is -2.33. The quantitative estimate of drug-likeness (QED) is 0.671. The van der Waals surface area contributed by atoms with E-state index in [2.05, 4.69) is 20.9 Å². The average Bonchev–Trinajstić information content (AvgIpc) is 2.17. The van der Waals surface area contributed by atoms with Crippen molar-refractivity contribution in [3.63, 3.8) is 0 Å². The molecule has 1 aromatic carbocycles. The van der Waals surface area contributed by atoms with Crippen LogP contribution in [0.5, 0.6) is 0 Å². The number of hydrazine groups is 1. The number of benzene rings is 1. The van der Waals surface area contributed by atoms with E-state index < -0.39 is 5.54 Å². The molecule has 0 fully saturated rings. The van der Waals surface area contributed by atoms with Gasteiger partial charge in [-0.2, -0.15) is 0 Å². The largest absolute Gasteiger partial charge is 0.270 e. The second-order valence-electron chi connectivity index (χ2n) is 4.38. The van der Waals surface area contributed by atoms with Crippen molar-refractivity contribution in [2.45, 2.75) is 26.3 Å². The number of nitrogens with one attached hydrogen (secondary N) is 1. The highest BCUT2D eigenvalue weighted by Gasteiger charge is 2.28. The number of nitrogens with zero attached hydrogens (tertiary/aromatic N) is 1. The fraction of sp³-hybridized carbons (Fsp3) is 0.364. The van der Waals surface area contributed by atoms with E-state index >= 15 is 0 Å². The highest BCUT2D eigenvalue weighted by molar-refractivity contribution is 9.10. The van der Waals surface area contributed by atoms with Crippen LogP contribution in [0.2, 0.25) is 0 Å². The van der Waals surface area contributed by atoms with Gasteiger partial charge >= 0.3 is 0 Å². The summed E-state index contributed by atoms with van der Waals surface area (Å²) in [5.74, 6) is -0.171. The Morgan fingerprint density at radius 1 is 1.38 bits per heavy atom. The van der Waals surface area contributed by atoms with E-state index in [1.54, 1.807) is 6.07 Å². The van der Waals surface area contributed by atoms with Crippen molar-refractivity contribution in [2.75, 3.05) is 0 Å². The first-order valence-electron chi connectivity index (χ1n) is 4.83. The van der Waals surface area contributed by atoms with Crippen molar-refractivity contribution >= 4 is 33.6 Å². The minimum atomic E-state index is -0.395. The van der Waals surface area contributed by atoms with E-state index in [0.29, 0.717) is 5.56 Å². The maximum absolute atomic E-state index is 12.2. The molecule has 0 saturated carbocycles. The zero-order valence-corrected chi connectivity index (χ0v) is 11.8. The van der Waals surface area contributed by atoms with Gasteiger partial charge in [-0.05, 0) is 60.6 Å². The van der Waals surface area contributed by atoms with Crippen LogP contribution in [0.4, 0.5) is 0 Å². The Morgan fingerprint density at radius 3 is 2.38 bits per heavy atom. The van der Waals surface area contributed by atoms with Gasteiger partial charge in [-0.25, -0.2) is 0 Å². The van der Waals surface area contributed by atoms with E-state index in [1.165, 1.54) is 5.01 Å². The van der Waals surface area contributed by atoms with Gasteiger partial charge in [0.1, 0.15) is 0 Å². The molecule has 0 unspecified atom stereocenters. The molecule has 3 nitrogen and oxygen atoms in total. The van der Waals surface area contributed by atoms with Gasteiger partial charge in [-0.3, -0.25) is 9.80 Å². The lowest BCUT2D eigenvalue weighted by molar-refractivity contribution is 0.0515. The van der Waals surface area contributed by atoms with Crippen LogP contribution in [-0.4, -0.2) is 16.5 Å². The number of hydrogen-bond donors (Lipinski definition) is 1. The summed E-state index contributed by atoms with van der Waals surface area (Å²) in [6, 6.07) is 7.24. The highest BCUT2D eigenvalue weighted by Crippen LogP contribution is 2.21. The van der Waals surface area contributed by atoms with E-state index in [0.717, 1.165) is 4.47 Å². The molecule has 1 rings (SSSR count). The summed E-state index contributed by atoms with van der Waals surface area (Å²) in [6.07, 6.45) is 0. The highest BCUT2D eigenvalue weighted by atomic mass is 79.9. The van der Waals surface area contributed by atoms with Crippen molar-refractivity contribution in [2.24, 2.45) is 0 Å². The fourth-order valence-electron chi connectivity index (χ4n) is 1.22. The van der Waals surface area contributed by atoms with Gasteiger partial charge < -0.3 is 0 Å². The van der Waals surface area contributed by atoms with Crippen molar-refractivity contribution < 1.29 is 4.79 Å². The van der Waals surface area contributed by atoms with Crippen molar-refractivity contribution in [1.29, 1.82) is 0 Å². The van der Waals surface area contributed by atoms with E-state index in [-0.39, 0.29) is 5.91 Å². The predicted octanol–water partition coefficient (Wildman–Crippen LogP) is 3.35. The van der Waals surface area contributed by atoms with Crippen LogP contribution in [0.15, 0.2) is 28.7 Å². The molecule has 0 aliphatic rings. The van der Waals surface area contributed by atoms with Gasteiger partial charge in [0.2, 0.25) is 0 Å². The van der Waals surface area contributed by atoms with Crippen LogP contribution in [0.3, 0.4) is 0 Å². The summed E-state index contributed by atoms with van der Waals surface area (Å²) in [5, 5.41) is 1.38. The lowest BCUT2D eigenvalue weighted by Crippen LogP contribution is -2.50. The molecule has 0 aliphatic heterocycles. The monoisotopic (exact) mass is 304 g/mol. The maximum Gasteiger partial charge on any atom is 0.270 e. The third-order valence-electron chi connectivity index (χ3n) is 2.06. The van der Waals surface area contributed by atoms with Crippen molar-refractivity contribution in [3.8, 4) is 0 Å². The van der Waals surface area contributed by atoms with Crippen LogP contribution in [0.1, 0.15) is 31.1 Å². The standard InChI is InChI=1S/C11H14BrClN2O/c1-11(2,3)15(14-13)10(16)8-6-4-5-7-9(8)12/h4-7,14H,1-3H3. The second-order valence-corrected chi connectivity index (χ2v) is 5.40. The molecular formula is C11H14BrClN2O. The molecule has 0 aliphatic carbocycles. The normalized spacial score (nSPS) is 11.3. The van der Waals surface area contributed by atoms with E-state index in [9.17, 15) is 4.79 Å². The van der Waals surface area contributed by atoms with Crippen LogP contribution >= 0.6 is 27.7 Å². The lowest BCUT2D eigenvalue weighted by atomic mass is 10.1. The predicted molar refractivity (Wildman–Crippen MR) is 69.1 cm³/mol. The maximum atomic E-state index is 12.2. The van der Waals surface area contributed by atoms with Gasteiger partial charge in [-0.1, -0.05) is 12.1 Å². The Kier molecular flexibility index (Phi) is 4.35. The number of carbonyl (C=O) groups is 1. The molecule has 0 spiro atoms. The summed E-state index contributed by atoms with van der Waals surface area (Å²) in [4.78, 5) is 14.6. The number of amides is 1. The zero-order valence-electron chi connectivity index (χ0n) is 9.42. The second kappa shape index (κ2) is 5.17. The molecule has 88 valence electrons. The fourth-order valence-corrected chi connectivity index (χ4v) is 2.01. The van der Waals surface area contributed by atoms with Crippen molar-refractivity contribution in [1.82, 2.24) is 9.95 Å². The topological polar surface area (TPSA) is 32.3 Å². The van der Waals surface area contributed by atoms with Gasteiger partial charge in [0.25, 0.3) is 5.91 Å². The number of hydrogen-bond acceptors (Lipinski definition) is 2. The summed E-state index contributed by atoms with van der Waals surface area (Å²) >= 11 is 8.93. The Hall–Kier alpha value is -0.580. The third kappa shape index (κ3) is 2.97. The summed E-state index contributed by atoms with van der Waals surface area (Å²) in [5.41, 5.74) is 0.180. The summed E-state index contributed by atoms with van der Waals surface area (Å²) in [6.45, 7) is 5.70. The molecule has 1 aromatic rings. The molecule has 1 amide bonds. The van der Waals surface area contributed by atoms with Gasteiger partial charge in [-0.15, -0.1) is 4.94 Å². The summed E-state index contributed by atoms with van der Waals surface area (Å²) < 4.78 is 0.751. The van der Waals surface area contributed by atoms with Crippen LogP contribution < -0.4 is 4.94 Å². The minimum Gasteiger partial charge on any atom is -0.268 e. The van der Waals surface area contributed by atoms with Gasteiger partial charge in [0.15, 0.2) is 0 Å². The first-order chi connectivity index (χ1) is 7.38. The number of carbonyl (C=O) groups excluding carboxylic acids is 1.